The number of nitrogens with zero attached hydrogens (tertiary/aromatic N) is 1. The van der Waals surface area contributed by atoms with Crippen LogP contribution in [0.15, 0.2) is 36.4 Å². The first-order valence-corrected chi connectivity index (χ1v) is 8.05. The number of carbonyl (C=O) groups is 2. The maximum absolute atomic E-state index is 12.5. The van der Waals surface area contributed by atoms with Crippen molar-refractivity contribution in [2.24, 2.45) is 0 Å². The minimum atomic E-state index is -0.526. The largest absolute Gasteiger partial charge is 0.444 e. The Morgan fingerprint density at radius 1 is 1.22 bits per heavy atom. The van der Waals surface area contributed by atoms with Crippen LogP contribution in [0, 0.1) is 0 Å². The predicted molar refractivity (Wildman–Crippen MR) is 91.1 cm³/mol. The van der Waals surface area contributed by atoms with Crippen molar-refractivity contribution in [3.63, 3.8) is 0 Å². The molecule has 0 aromatic heterocycles. The number of ether oxygens (including phenoxy) is 1. The third-order valence-corrected chi connectivity index (χ3v) is 3.71. The van der Waals surface area contributed by atoms with Crippen LogP contribution in [0.2, 0.25) is 0 Å². The minimum Gasteiger partial charge on any atom is -0.444 e. The van der Waals surface area contributed by atoms with Gasteiger partial charge in [0.05, 0.1) is 6.04 Å². The Morgan fingerprint density at radius 2 is 1.87 bits per heavy atom. The lowest BCUT2D eigenvalue weighted by atomic mass is 9.95. The van der Waals surface area contributed by atoms with Gasteiger partial charge < -0.3 is 9.64 Å². The van der Waals surface area contributed by atoms with Crippen molar-refractivity contribution >= 4 is 17.4 Å². The first-order chi connectivity index (χ1) is 10.8. The topological polar surface area (TPSA) is 46.6 Å². The predicted octanol–water partition coefficient (Wildman–Crippen LogP) is 4.06. The van der Waals surface area contributed by atoms with Gasteiger partial charge in [-0.25, -0.2) is 4.79 Å². The quantitative estimate of drug-likeness (QED) is 0.790. The lowest BCUT2D eigenvalue weighted by Gasteiger charge is -2.30. The molecule has 0 radical (unpaired) electrons. The average Bonchev–Trinajstić information content (AvgIpc) is 2.93. The number of allylic oxidation sites excluding steroid dienone is 1. The van der Waals surface area contributed by atoms with Gasteiger partial charge in [-0.1, -0.05) is 30.3 Å². The van der Waals surface area contributed by atoms with E-state index in [1.54, 1.807) is 11.0 Å². The van der Waals surface area contributed by atoms with E-state index in [4.69, 9.17) is 4.74 Å². The molecule has 0 aliphatic carbocycles. The molecule has 1 fully saturated rings. The molecule has 0 bridgehead atoms. The van der Waals surface area contributed by atoms with Crippen LogP contribution in [0.5, 0.6) is 0 Å². The Labute approximate surface area is 138 Å². The van der Waals surface area contributed by atoms with Gasteiger partial charge in [0.2, 0.25) is 0 Å². The highest BCUT2D eigenvalue weighted by atomic mass is 16.6. The van der Waals surface area contributed by atoms with Crippen molar-refractivity contribution in [2.75, 3.05) is 6.54 Å². The molecule has 1 aromatic rings. The van der Waals surface area contributed by atoms with Crippen LogP contribution in [0.4, 0.5) is 4.79 Å². The molecule has 0 saturated carbocycles. The number of rotatable bonds is 3. The normalized spacial score (nSPS) is 18.9. The molecular weight excluding hydrogens is 290 g/mol. The van der Waals surface area contributed by atoms with Crippen molar-refractivity contribution < 1.29 is 14.3 Å². The van der Waals surface area contributed by atoms with Crippen LogP contribution < -0.4 is 0 Å². The monoisotopic (exact) mass is 315 g/mol. The van der Waals surface area contributed by atoms with E-state index in [-0.39, 0.29) is 17.9 Å². The summed E-state index contributed by atoms with van der Waals surface area (Å²) in [6, 6.07) is 9.65. The summed E-state index contributed by atoms with van der Waals surface area (Å²) in [6.07, 6.45) is 3.08. The molecule has 4 heteroatoms. The maximum atomic E-state index is 12.5. The van der Waals surface area contributed by atoms with E-state index in [2.05, 4.69) is 0 Å². The molecule has 1 unspecified atom stereocenters. The van der Waals surface area contributed by atoms with Gasteiger partial charge in [-0.2, -0.15) is 0 Å². The summed E-state index contributed by atoms with van der Waals surface area (Å²) < 4.78 is 5.52. The maximum Gasteiger partial charge on any atom is 0.410 e. The van der Waals surface area contributed by atoms with Crippen molar-refractivity contribution in [3.05, 3.63) is 42.0 Å². The van der Waals surface area contributed by atoms with Gasteiger partial charge in [0, 0.05) is 6.54 Å². The first-order valence-electron chi connectivity index (χ1n) is 8.05. The molecule has 1 aromatic carbocycles. The number of hydrogen-bond donors (Lipinski definition) is 0. The highest BCUT2D eigenvalue weighted by molar-refractivity contribution is 5.96. The van der Waals surface area contributed by atoms with Crippen molar-refractivity contribution in [2.45, 2.75) is 52.2 Å². The summed E-state index contributed by atoms with van der Waals surface area (Å²) >= 11 is 0. The SMILES string of the molecule is CC(=O)/C=C(\c1ccccc1)C1CCCN1C(=O)OC(C)(C)C. The number of hydrogen-bond acceptors (Lipinski definition) is 3. The van der Waals surface area contributed by atoms with E-state index >= 15 is 0 Å². The molecule has 23 heavy (non-hydrogen) atoms. The summed E-state index contributed by atoms with van der Waals surface area (Å²) in [5.74, 6) is -0.0140. The highest BCUT2D eigenvalue weighted by Crippen LogP contribution is 2.31. The molecule has 124 valence electrons. The van der Waals surface area contributed by atoms with Gasteiger partial charge >= 0.3 is 6.09 Å². The second-order valence-corrected chi connectivity index (χ2v) is 6.91. The van der Waals surface area contributed by atoms with E-state index in [0.29, 0.717) is 6.54 Å². The third-order valence-electron chi connectivity index (χ3n) is 3.71. The first kappa shape index (κ1) is 17.3. The van der Waals surface area contributed by atoms with E-state index < -0.39 is 5.60 Å². The van der Waals surface area contributed by atoms with Gasteiger partial charge in [-0.05, 0) is 57.7 Å². The minimum absolute atomic E-state index is 0.0140. The molecule has 0 N–H and O–H groups in total. The number of amides is 1. The van der Waals surface area contributed by atoms with Crippen LogP contribution >= 0.6 is 0 Å². The van der Waals surface area contributed by atoms with Crippen LogP contribution in [0.3, 0.4) is 0 Å². The number of benzene rings is 1. The van der Waals surface area contributed by atoms with Crippen LogP contribution in [0.25, 0.3) is 5.57 Å². The number of ketones is 1. The highest BCUT2D eigenvalue weighted by Gasteiger charge is 2.34. The molecule has 0 spiro atoms. The summed E-state index contributed by atoms with van der Waals surface area (Å²) in [5, 5.41) is 0. The van der Waals surface area contributed by atoms with E-state index in [9.17, 15) is 9.59 Å². The zero-order chi connectivity index (χ0) is 17.0. The molecule has 1 saturated heterocycles. The molecule has 1 atom stereocenters. The summed E-state index contributed by atoms with van der Waals surface area (Å²) in [6.45, 7) is 7.77. The molecule has 1 aliphatic heterocycles. The van der Waals surface area contributed by atoms with E-state index in [1.165, 1.54) is 6.92 Å². The Balaban J connectivity index is 2.31. The Kier molecular flexibility index (Phi) is 5.24. The molecule has 1 aliphatic rings. The van der Waals surface area contributed by atoms with Gasteiger partial charge in [-0.3, -0.25) is 4.79 Å². The van der Waals surface area contributed by atoms with Gasteiger partial charge in [0.15, 0.2) is 5.78 Å². The van der Waals surface area contributed by atoms with E-state index in [0.717, 1.165) is 24.0 Å². The van der Waals surface area contributed by atoms with Crippen LogP contribution in [-0.2, 0) is 9.53 Å². The zero-order valence-corrected chi connectivity index (χ0v) is 14.3. The van der Waals surface area contributed by atoms with Crippen LogP contribution in [-0.4, -0.2) is 35.0 Å². The van der Waals surface area contributed by atoms with Gasteiger partial charge in [0.1, 0.15) is 5.60 Å². The molecule has 2 rings (SSSR count). The fraction of sp³-hybridized carbons (Fsp3) is 0.474. The lowest BCUT2D eigenvalue weighted by Crippen LogP contribution is -2.40. The fourth-order valence-corrected chi connectivity index (χ4v) is 2.85. The second-order valence-electron chi connectivity index (χ2n) is 6.91. The Bertz CT molecular complexity index is 599. The molecule has 1 heterocycles. The van der Waals surface area contributed by atoms with E-state index in [1.807, 2.05) is 51.1 Å². The fourth-order valence-electron chi connectivity index (χ4n) is 2.85. The average molecular weight is 315 g/mol. The number of carbonyl (C=O) groups excluding carboxylic acids is 2. The molecule has 4 nitrogen and oxygen atoms in total. The van der Waals surface area contributed by atoms with Gasteiger partial charge in [-0.15, -0.1) is 0 Å². The summed E-state index contributed by atoms with van der Waals surface area (Å²) in [7, 11) is 0. The van der Waals surface area contributed by atoms with Crippen molar-refractivity contribution in [1.29, 1.82) is 0 Å². The third kappa shape index (κ3) is 4.68. The molecular formula is C19H25NO3. The van der Waals surface area contributed by atoms with Crippen molar-refractivity contribution in [3.8, 4) is 0 Å². The standard InChI is InChI=1S/C19H25NO3/c1-14(21)13-16(15-9-6-5-7-10-15)17-11-8-12-20(17)18(22)23-19(2,3)4/h5-7,9-10,13,17H,8,11-12H2,1-4H3/b16-13+. The number of likely N-dealkylation sites (tertiary alicyclic amines) is 1. The summed E-state index contributed by atoms with van der Waals surface area (Å²) in [4.78, 5) is 25.9. The van der Waals surface area contributed by atoms with Crippen LogP contribution in [0.1, 0.15) is 46.1 Å². The lowest BCUT2D eigenvalue weighted by molar-refractivity contribution is -0.112. The second kappa shape index (κ2) is 6.99. The smallest absolute Gasteiger partial charge is 0.410 e. The zero-order valence-electron chi connectivity index (χ0n) is 14.3. The Morgan fingerprint density at radius 3 is 2.43 bits per heavy atom. The van der Waals surface area contributed by atoms with Gasteiger partial charge in [0.25, 0.3) is 0 Å². The summed E-state index contributed by atoms with van der Waals surface area (Å²) in [5.41, 5.74) is 1.34. The molecule has 1 amide bonds. The van der Waals surface area contributed by atoms with Crippen molar-refractivity contribution in [1.82, 2.24) is 4.90 Å². The Hall–Kier alpha value is -2.10.